The van der Waals surface area contributed by atoms with Crippen molar-refractivity contribution in [2.24, 2.45) is 5.92 Å². The van der Waals surface area contributed by atoms with Crippen molar-refractivity contribution in [3.05, 3.63) is 30.1 Å². The molecule has 3 rings (SSSR count). The van der Waals surface area contributed by atoms with E-state index in [1.807, 2.05) is 18.2 Å². The summed E-state index contributed by atoms with van der Waals surface area (Å²) >= 11 is 0. The molecule has 1 fully saturated rings. The van der Waals surface area contributed by atoms with Crippen LogP contribution >= 0.6 is 0 Å². The van der Waals surface area contributed by atoms with Crippen molar-refractivity contribution in [1.82, 2.24) is 14.9 Å². The lowest BCUT2D eigenvalue weighted by molar-refractivity contribution is 0.0893. The van der Waals surface area contributed by atoms with Crippen LogP contribution in [0.1, 0.15) is 30.1 Å². The van der Waals surface area contributed by atoms with E-state index < -0.39 is 0 Å². The largest absolute Gasteiger partial charge is 0.345 e. The van der Waals surface area contributed by atoms with E-state index in [0.29, 0.717) is 12.5 Å². The SMILES string of the molecule is CC1CCCN(CC(=O)c2ccc3nc[nH]c3c2)C1. The van der Waals surface area contributed by atoms with Crippen LogP contribution in [0.3, 0.4) is 0 Å². The third-order valence-electron chi connectivity index (χ3n) is 3.85. The molecule has 0 spiro atoms. The van der Waals surface area contributed by atoms with E-state index in [1.165, 1.54) is 12.8 Å². The smallest absolute Gasteiger partial charge is 0.176 e. The molecule has 1 aromatic carbocycles. The molecular weight excluding hydrogens is 238 g/mol. The summed E-state index contributed by atoms with van der Waals surface area (Å²) < 4.78 is 0. The van der Waals surface area contributed by atoms with Crippen LogP contribution in [-0.2, 0) is 0 Å². The number of benzene rings is 1. The summed E-state index contributed by atoms with van der Waals surface area (Å²) in [6.45, 7) is 4.87. The van der Waals surface area contributed by atoms with Crippen LogP contribution in [0.5, 0.6) is 0 Å². The van der Waals surface area contributed by atoms with Gasteiger partial charge in [-0.05, 0) is 43.5 Å². The summed E-state index contributed by atoms with van der Waals surface area (Å²) in [6.07, 6.45) is 4.14. The first-order valence-electron chi connectivity index (χ1n) is 6.91. The number of carbonyl (C=O) groups is 1. The molecule has 1 aromatic heterocycles. The minimum absolute atomic E-state index is 0.200. The second-order valence-electron chi connectivity index (χ2n) is 5.54. The molecule has 0 aliphatic carbocycles. The lowest BCUT2D eigenvalue weighted by Gasteiger charge is -2.30. The van der Waals surface area contributed by atoms with Gasteiger partial charge in [-0.3, -0.25) is 9.69 Å². The Balaban J connectivity index is 1.72. The van der Waals surface area contributed by atoms with E-state index in [9.17, 15) is 4.79 Å². The Morgan fingerprint density at radius 1 is 1.53 bits per heavy atom. The molecule has 2 aromatic rings. The predicted molar refractivity (Wildman–Crippen MR) is 75.3 cm³/mol. The number of fused-ring (bicyclic) bond motifs is 1. The molecule has 4 nitrogen and oxygen atoms in total. The van der Waals surface area contributed by atoms with Crippen molar-refractivity contribution < 1.29 is 4.79 Å². The highest BCUT2D eigenvalue weighted by Gasteiger charge is 2.19. The predicted octanol–water partition coefficient (Wildman–Crippen LogP) is 2.48. The van der Waals surface area contributed by atoms with Crippen LogP contribution in [0.4, 0.5) is 0 Å². The molecule has 1 atom stereocenters. The van der Waals surface area contributed by atoms with Crippen molar-refractivity contribution in [3.63, 3.8) is 0 Å². The van der Waals surface area contributed by atoms with E-state index in [4.69, 9.17) is 0 Å². The van der Waals surface area contributed by atoms with Crippen molar-refractivity contribution in [2.75, 3.05) is 19.6 Å². The standard InChI is InChI=1S/C15H19N3O/c1-11-3-2-6-18(8-11)9-15(19)12-4-5-13-14(7-12)17-10-16-13/h4-5,7,10-11H,2-3,6,8-9H2,1H3,(H,16,17). The Morgan fingerprint density at radius 3 is 3.26 bits per heavy atom. The van der Waals surface area contributed by atoms with Crippen LogP contribution in [0.2, 0.25) is 0 Å². The van der Waals surface area contributed by atoms with Crippen LogP contribution in [0.25, 0.3) is 11.0 Å². The van der Waals surface area contributed by atoms with Gasteiger partial charge in [0, 0.05) is 12.1 Å². The second-order valence-corrected chi connectivity index (χ2v) is 5.54. The van der Waals surface area contributed by atoms with Crippen LogP contribution in [0, 0.1) is 5.92 Å². The Morgan fingerprint density at radius 2 is 2.42 bits per heavy atom. The van der Waals surface area contributed by atoms with E-state index in [2.05, 4.69) is 21.8 Å². The monoisotopic (exact) mass is 257 g/mol. The summed E-state index contributed by atoms with van der Waals surface area (Å²) in [5.74, 6) is 0.905. The topological polar surface area (TPSA) is 49.0 Å². The summed E-state index contributed by atoms with van der Waals surface area (Å²) in [5.41, 5.74) is 2.61. The number of nitrogens with zero attached hydrogens (tertiary/aromatic N) is 2. The van der Waals surface area contributed by atoms with Crippen molar-refractivity contribution >= 4 is 16.8 Å². The number of Topliss-reactive ketones (excluding diaryl/α,β-unsaturated/α-hetero) is 1. The van der Waals surface area contributed by atoms with Gasteiger partial charge in [-0.1, -0.05) is 6.92 Å². The summed E-state index contributed by atoms with van der Waals surface area (Å²) in [7, 11) is 0. The molecule has 4 heteroatoms. The number of hydrogen-bond acceptors (Lipinski definition) is 3. The molecule has 1 N–H and O–H groups in total. The van der Waals surface area contributed by atoms with Crippen LogP contribution in [0.15, 0.2) is 24.5 Å². The molecule has 0 amide bonds. The fraction of sp³-hybridized carbons (Fsp3) is 0.467. The van der Waals surface area contributed by atoms with Gasteiger partial charge < -0.3 is 4.98 Å². The maximum absolute atomic E-state index is 12.3. The van der Waals surface area contributed by atoms with Gasteiger partial charge in [0.2, 0.25) is 0 Å². The van der Waals surface area contributed by atoms with E-state index in [0.717, 1.165) is 29.7 Å². The second kappa shape index (κ2) is 5.13. The minimum atomic E-state index is 0.200. The van der Waals surface area contributed by atoms with Crippen LogP contribution < -0.4 is 0 Å². The lowest BCUT2D eigenvalue weighted by atomic mass is 9.99. The highest BCUT2D eigenvalue weighted by atomic mass is 16.1. The number of ketones is 1. The highest BCUT2D eigenvalue weighted by molar-refractivity contribution is 6.00. The molecule has 1 saturated heterocycles. The third kappa shape index (κ3) is 2.68. The Kier molecular flexibility index (Phi) is 3.34. The zero-order valence-corrected chi connectivity index (χ0v) is 11.2. The first-order valence-corrected chi connectivity index (χ1v) is 6.91. The average Bonchev–Trinajstić information content (AvgIpc) is 2.85. The van der Waals surface area contributed by atoms with Gasteiger partial charge in [-0.15, -0.1) is 0 Å². The number of aromatic amines is 1. The van der Waals surface area contributed by atoms with E-state index in [1.54, 1.807) is 6.33 Å². The highest BCUT2D eigenvalue weighted by Crippen LogP contribution is 2.17. The number of piperidine rings is 1. The number of H-pyrrole nitrogens is 1. The Bertz CT molecular complexity index is 590. The summed E-state index contributed by atoms with van der Waals surface area (Å²) in [6, 6.07) is 5.68. The van der Waals surface area contributed by atoms with Gasteiger partial charge >= 0.3 is 0 Å². The van der Waals surface area contributed by atoms with Gasteiger partial charge in [0.05, 0.1) is 23.9 Å². The molecule has 1 unspecified atom stereocenters. The van der Waals surface area contributed by atoms with E-state index in [-0.39, 0.29) is 5.78 Å². The Hall–Kier alpha value is -1.68. The number of aromatic nitrogens is 2. The van der Waals surface area contributed by atoms with Crippen molar-refractivity contribution in [3.8, 4) is 0 Å². The minimum Gasteiger partial charge on any atom is -0.345 e. The number of imidazole rings is 1. The lowest BCUT2D eigenvalue weighted by Crippen LogP contribution is -2.37. The number of hydrogen-bond donors (Lipinski definition) is 1. The first-order chi connectivity index (χ1) is 9.22. The molecule has 1 aliphatic heterocycles. The zero-order valence-electron chi connectivity index (χ0n) is 11.2. The molecule has 0 radical (unpaired) electrons. The number of nitrogens with one attached hydrogen (secondary N) is 1. The summed E-state index contributed by atoms with van der Waals surface area (Å²) in [5, 5.41) is 0. The maximum Gasteiger partial charge on any atom is 0.176 e. The molecule has 1 aliphatic rings. The fourth-order valence-electron chi connectivity index (χ4n) is 2.83. The summed E-state index contributed by atoms with van der Waals surface area (Å²) in [4.78, 5) is 21.8. The molecule has 0 bridgehead atoms. The van der Waals surface area contributed by atoms with Gasteiger partial charge in [-0.2, -0.15) is 0 Å². The van der Waals surface area contributed by atoms with Gasteiger partial charge in [-0.25, -0.2) is 4.98 Å². The molecule has 0 saturated carbocycles. The van der Waals surface area contributed by atoms with Gasteiger partial charge in [0.25, 0.3) is 0 Å². The molecular formula is C15H19N3O. The normalized spacial score (nSPS) is 20.8. The van der Waals surface area contributed by atoms with Gasteiger partial charge in [0.1, 0.15) is 0 Å². The zero-order chi connectivity index (χ0) is 13.2. The number of rotatable bonds is 3. The number of likely N-dealkylation sites (tertiary alicyclic amines) is 1. The molecule has 19 heavy (non-hydrogen) atoms. The molecule has 2 heterocycles. The van der Waals surface area contributed by atoms with Crippen LogP contribution in [-0.4, -0.2) is 40.3 Å². The molecule has 100 valence electrons. The van der Waals surface area contributed by atoms with Crippen molar-refractivity contribution in [2.45, 2.75) is 19.8 Å². The van der Waals surface area contributed by atoms with Gasteiger partial charge in [0.15, 0.2) is 5.78 Å². The number of carbonyl (C=O) groups excluding carboxylic acids is 1. The fourth-order valence-corrected chi connectivity index (χ4v) is 2.83. The Labute approximate surface area is 112 Å². The quantitative estimate of drug-likeness (QED) is 0.859. The third-order valence-corrected chi connectivity index (χ3v) is 3.85. The maximum atomic E-state index is 12.3. The van der Waals surface area contributed by atoms with Crippen molar-refractivity contribution in [1.29, 1.82) is 0 Å². The first kappa shape index (κ1) is 12.4. The average molecular weight is 257 g/mol. The van der Waals surface area contributed by atoms with E-state index >= 15 is 0 Å².